The summed E-state index contributed by atoms with van der Waals surface area (Å²) in [7, 11) is 0. The van der Waals surface area contributed by atoms with Crippen LogP contribution in [0, 0.1) is 17.2 Å². The van der Waals surface area contributed by atoms with Crippen molar-refractivity contribution in [1.82, 2.24) is 20.4 Å². The number of carbonyl (C=O) groups excluding carboxylic acids is 4. The van der Waals surface area contributed by atoms with E-state index in [2.05, 4.69) is 16.7 Å². The molecule has 0 aromatic carbocycles. The molecule has 188 valence electrons. The average molecular weight is 502 g/mol. The molecule has 35 heavy (non-hydrogen) atoms. The molecule has 1 aromatic rings. The van der Waals surface area contributed by atoms with E-state index in [0.717, 1.165) is 11.3 Å². The Hall–Kier alpha value is -2.97. The lowest BCUT2D eigenvalue weighted by atomic mass is 10.1. The molecule has 1 saturated carbocycles. The predicted octanol–water partition coefficient (Wildman–Crippen LogP) is 1.07. The second kappa shape index (κ2) is 9.95. The highest BCUT2D eigenvalue weighted by Crippen LogP contribution is 2.41. The first-order chi connectivity index (χ1) is 16.6. The number of piperidine rings is 1. The number of fused-ring (bicyclic) bond motifs is 1. The average Bonchev–Trinajstić information content (AvgIpc) is 3.28. The summed E-state index contributed by atoms with van der Waals surface area (Å²) in [6.45, 7) is 6.05. The molecule has 2 N–H and O–H groups in total. The summed E-state index contributed by atoms with van der Waals surface area (Å²) in [6.07, 6.45) is 0.840. The largest absolute Gasteiger partial charge is 0.444 e. The van der Waals surface area contributed by atoms with E-state index in [1.54, 1.807) is 25.7 Å². The Balaban J connectivity index is 1.41. The topological polar surface area (TPSA) is 132 Å². The number of nitrogens with zero attached hydrogens (tertiary/aromatic N) is 3. The van der Waals surface area contributed by atoms with Crippen LogP contribution in [0.25, 0.3) is 0 Å². The van der Waals surface area contributed by atoms with Gasteiger partial charge < -0.3 is 25.2 Å². The van der Waals surface area contributed by atoms with Gasteiger partial charge in [0.25, 0.3) is 0 Å². The monoisotopic (exact) mass is 501 g/mol. The van der Waals surface area contributed by atoms with Gasteiger partial charge in [0.05, 0.1) is 18.4 Å². The Morgan fingerprint density at radius 3 is 2.74 bits per heavy atom. The van der Waals surface area contributed by atoms with Gasteiger partial charge in [0.15, 0.2) is 5.78 Å². The molecule has 3 aliphatic rings. The molecule has 1 aliphatic carbocycles. The van der Waals surface area contributed by atoms with Crippen molar-refractivity contribution in [1.29, 1.82) is 5.26 Å². The maximum atomic E-state index is 13.3. The quantitative estimate of drug-likeness (QED) is 0.571. The number of Topliss-reactive ketones (excluding diaryl/α,β-unsaturated/α-hetero) is 1. The number of hydrogen-bond acceptors (Lipinski definition) is 8. The number of carbonyl (C=O) groups is 4. The molecule has 11 heteroatoms. The lowest BCUT2D eigenvalue weighted by Crippen LogP contribution is -2.56. The van der Waals surface area contributed by atoms with Crippen LogP contribution in [0.15, 0.2) is 17.5 Å². The second-order valence-electron chi connectivity index (χ2n) is 10.2. The van der Waals surface area contributed by atoms with Gasteiger partial charge in [0.1, 0.15) is 23.7 Å². The number of hydrogen-bond donors (Lipinski definition) is 2. The van der Waals surface area contributed by atoms with Crippen molar-refractivity contribution in [3.63, 3.8) is 0 Å². The summed E-state index contributed by atoms with van der Waals surface area (Å²) < 4.78 is 5.33. The molecule has 5 atom stereocenters. The van der Waals surface area contributed by atoms with E-state index in [1.165, 1.54) is 16.2 Å². The van der Waals surface area contributed by atoms with Crippen LogP contribution in [0.1, 0.15) is 38.5 Å². The number of alkyl carbamates (subject to hydrolysis) is 1. The Morgan fingerprint density at radius 2 is 2.09 bits per heavy atom. The minimum atomic E-state index is -0.970. The first-order valence-corrected chi connectivity index (χ1v) is 12.8. The number of amides is 3. The van der Waals surface area contributed by atoms with Crippen molar-refractivity contribution < 1.29 is 23.9 Å². The number of nitrogens with one attached hydrogen (secondary N) is 2. The van der Waals surface area contributed by atoms with Gasteiger partial charge in [-0.2, -0.15) is 5.26 Å². The van der Waals surface area contributed by atoms with Crippen molar-refractivity contribution in [2.45, 2.75) is 69.8 Å². The highest BCUT2D eigenvalue weighted by atomic mass is 32.1. The summed E-state index contributed by atoms with van der Waals surface area (Å²) in [5, 5.41) is 17.2. The Kier molecular flexibility index (Phi) is 7.15. The summed E-state index contributed by atoms with van der Waals surface area (Å²) in [4.78, 5) is 55.0. The third-order valence-electron chi connectivity index (χ3n) is 6.50. The SMILES string of the molecule is CC(C)(C)OC(=O)N[C@@H](CN[C@@H]1CN(C(=O)Cc2cccs2)[C@@H]2C(=O)[C@H]21)C(=O)N1CCC[C@H]1C#N. The van der Waals surface area contributed by atoms with Crippen molar-refractivity contribution in [2.24, 2.45) is 5.92 Å². The number of nitriles is 1. The number of thiophene rings is 1. The summed E-state index contributed by atoms with van der Waals surface area (Å²) in [6, 6.07) is 3.70. The van der Waals surface area contributed by atoms with Crippen molar-refractivity contribution >= 4 is 35.0 Å². The van der Waals surface area contributed by atoms with Crippen LogP contribution in [-0.4, -0.2) is 82.9 Å². The lowest BCUT2D eigenvalue weighted by Gasteiger charge is -2.29. The number of ether oxygens (including phenoxy) is 1. The van der Waals surface area contributed by atoms with Crippen LogP contribution >= 0.6 is 11.3 Å². The predicted molar refractivity (Wildman–Crippen MR) is 127 cm³/mol. The summed E-state index contributed by atoms with van der Waals surface area (Å²) in [5.41, 5.74) is -0.740. The molecular weight excluding hydrogens is 470 g/mol. The second-order valence-corrected chi connectivity index (χ2v) is 11.2. The molecule has 4 rings (SSSR count). The van der Waals surface area contributed by atoms with E-state index in [0.29, 0.717) is 19.5 Å². The van der Waals surface area contributed by atoms with Gasteiger partial charge in [-0.15, -0.1) is 11.3 Å². The van der Waals surface area contributed by atoms with E-state index >= 15 is 0 Å². The van der Waals surface area contributed by atoms with Gasteiger partial charge in [0.2, 0.25) is 11.8 Å². The van der Waals surface area contributed by atoms with Gasteiger partial charge in [-0.05, 0) is 45.1 Å². The first-order valence-electron chi connectivity index (χ1n) is 11.9. The Morgan fingerprint density at radius 1 is 1.31 bits per heavy atom. The molecule has 1 aromatic heterocycles. The van der Waals surface area contributed by atoms with Crippen LogP contribution in [0.5, 0.6) is 0 Å². The third-order valence-corrected chi connectivity index (χ3v) is 7.37. The standard InChI is InChI=1S/C24H31N5O5S/c1-24(2,3)34-23(33)27-16(22(32)28-8-4-6-14(28)11-25)12-26-17-13-29(20-19(17)21(20)31)18(30)10-15-7-5-9-35-15/h5,7,9,14,16-17,19-20,26H,4,6,8,10,12-13H2,1-3H3,(H,27,33)/t14-,16-,17+,19-,20-/m0/s1. The molecule has 0 radical (unpaired) electrons. The fourth-order valence-electron chi connectivity index (χ4n) is 4.85. The highest BCUT2D eigenvalue weighted by molar-refractivity contribution is 7.10. The molecule has 10 nitrogen and oxygen atoms in total. The maximum absolute atomic E-state index is 13.3. The van der Waals surface area contributed by atoms with Crippen LogP contribution < -0.4 is 10.6 Å². The van der Waals surface area contributed by atoms with E-state index in [9.17, 15) is 24.4 Å². The van der Waals surface area contributed by atoms with Crippen molar-refractivity contribution in [3.8, 4) is 6.07 Å². The molecular formula is C24H31N5O5S. The summed E-state index contributed by atoms with van der Waals surface area (Å²) in [5.74, 6) is -0.751. The molecule has 0 bridgehead atoms. The summed E-state index contributed by atoms with van der Waals surface area (Å²) >= 11 is 1.50. The zero-order valence-electron chi connectivity index (χ0n) is 20.2. The molecule has 0 unspecified atom stereocenters. The van der Waals surface area contributed by atoms with E-state index < -0.39 is 29.8 Å². The molecule has 3 amide bonds. The van der Waals surface area contributed by atoms with Crippen LogP contribution in [0.3, 0.4) is 0 Å². The Bertz CT molecular complexity index is 1030. The number of likely N-dealkylation sites (tertiary alicyclic amines) is 2. The third kappa shape index (κ3) is 5.65. The number of rotatable bonds is 7. The highest BCUT2D eigenvalue weighted by Gasteiger charge is 2.63. The maximum Gasteiger partial charge on any atom is 0.408 e. The molecule has 2 aliphatic heterocycles. The first kappa shape index (κ1) is 25.1. The fraction of sp³-hybridized carbons (Fsp3) is 0.625. The molecule has 3 fully saturated rings. The van der Waals surface area contributed by atoms with Crippen LogP contribution in [-0.2, 0) is 25.5 Å². The van der Waals surface area contributed by atoms with Crippen LogP contribution in [0.2, 0.25) is 0 Å². The van der Waals surface area contributed by atoms with Gasteiger partial charge in [-0.25, -0.2) is 4.79 Å². The van der Waals surface area contributed by atoms with Crippen molar-refractivity contribution in [2.75, 3.05) is 19.6 Å². The van der Waals surface area contributed by atoms with Gasteiger partial charge in [-0.1, -0.05) is 6.07 Å². The smallest absolute Gasteiger partial charge is 0.408 e. The van der Waals surface area contributed by atoms with E-state index in [1.807, 2.05) is 17.5 Å². The zero-order chi connectivity index (χ0) is 25.3. The molecule has 0 spiro atoms. The zero-order valence-corrected chi connectivity index (χ0v) is 21.0. The van der Waals surface area contributed by atoms with E-state index in [4.69, 9.17) is 4.74 Å². The van der Waals surface area contributed by atoms with Crippen LogP contribution in [0.4, 0.5) is 4.79 Å². The number of ketones is 1. The molecule has 2 saturated heterocycles. The normalized spacial score (nSPS) is 26.2. The van der Waals surface area contributed by atoms with Gasteiger partial charge in [0, 0.05) is 30.6 Å². The minimum Gasteiger partial charge on any atom is -0.444 e. The lowest BCUT2D eigenvalue weighted by molar-refractivity contribution is -0.134. The fourth-order valence-corrected chi connectivity index (χ4v) is 5.54. The van der Waals surface area contributed by atoms with Crippen molar-refractivity contribution in [3.05, 3.63) is 22.4 Å². The molecule has 3 heterocycles. The van der Waals surface area contributed by atoms with E-state index in [-0.39, 0.29) is 42.5 Å². The minimum absolute atomic E-state index is 0.0142. The Labute approximate surface area is 208 Å². The van der Waals surface area contributed by atoms with Gasteiger partial charge in [-0.3, -0.25) is 14.4 Å². The van der Waals surface area contributed by atoms with Gasteiger partial charge >= 0.3 is 6.09 Å².